The summed E-state index contributed by atoms with van der Waals surface area (Å²) in [5.74, 6) is -1.14. The average molecular weight is 279 g/mol. The lowest BCUT2D eigenvalue weighted by Crippen LogP contribution is -2.36. The van der Waals surface area contributed by atoms with Crippen LogP contribution >= 0.6 is 0 Å². The molecule has 1 rings (SSSR count). The van der Waals surface area contributed by atoms with Gasteiger partial charge >= 0.3 is 5.97 Å². The van der Waals surface area contributed by atoms with Crippen LogP contribution in [0.4, 0.5) is 5.69 Å². The molecule has 0 aliphatic heterocycles. The molecule has 0 saturated carbocycles. The van der Waals surface area contributed by atoms with Crippen molar-refractivity contribution in [3.63, 3.8) is 0 Å². The van der Waals surface area contributed by atoms with Crippen molar-refractivity contribution in [1.82, 2.24) is 10.3 Å². The van der Waals surface area contributed by atoms with E-state index < -0.39 is 5.97 Å². The summed E-state index contributed by atoms with van der Waals surface area (Å²) in [4.78, 5) is 26.5. The van der Waals surface area contributed by atoms with E-state index in [9.17, 15) is 9.59 Å². The predicted molar refractivity (Wildman–Crippen MR) is 76.7 cm³/mol. The van der Waals surface area contributed by atoms with Crippen LogP contribution in [0, 0.1) is 5.41 Å². The molecule has 0 spiro atoms. The molecular weight excluding hydrogens is 258 g/mol. The molecule has 1 atom stereocenters. The highest BCUT2D eigenvalue weighted by molar-refractivity contribution is 5.92. The minimum absolute atomic E-state index is 0.00112. The highest BCUT2D eigenvalue weighted by atomic mass is 16.4. The second-order valence-electron chi connectivity index (χ2n) is 5.67. The molecule has 0 aliphatic carbocycles. The SMILES string of the molecule is CNC(=O)c1cc(NC(CC(=O)O)C(C)(C)C)ccn1. The van der Waals surface area contributed by atoms with Crippen molar-refractivity contribution in [3.05, 3.63) is 24.0 Å². The average Bonchev–Trinajstić information content (AvgIpc) is 2.36. The largest absolute Gasteiger partial charge is 0.481 e. The molecular formula is C14H21N3O3. The van der Waals surface area contributed by atoms with E-state index in [2.05, 4.69) is 15.6 Å². The van der Waals surface area contributed by atoms with Gasteiger partial charge in [0.25, 0.3) is 5.91 Å². The monoisotopic (exact) mass is 279 g/mol. The molecule has 0 bridgehead atoms. The lowest BCUT2D eigenvalue weighted by molar-refractivity contribution is -0.137. The highest BCUT2D eigenvalue weighted by Gasteiger charge is 2.27. The van der Waals surface area contributed by atoms with E-state index in [4.69, 9.17) is 5.11 Å². The molecule has 20 heavy (non-hydrogen) atoms. The number of aliphatic carboxylic acids is 1. The van der Waals surface area contributed by atoms with Crippen molar-refractivity contribution in [2.75, 3.05) is 12.4 Å². The Bertz CT molecular complexity index is 495. The van der Waals surface area contributed by atoms with Crippen LogP contribution in [0.2, 0.25) is 0 Å². The fraction of sp³-hybridized carbons (Fsp3) is 0.500. The van der Waals surface area contributed by atoms with Gasteiger partial charge in [-0.15, -0.1) is 0 Å². The molecule has 0 saturated heterocycles. The van der Waals surface area contributed by atoms with Gasteiger partial charge in [0.15, 0.2) is 0 Å². The number of carboxylic acids is 1. The molecule has 3 N–H and O–H groups in total. The maximum absolute atomic E-state index is 11.5. The Morgan fingerprint density at radius 2 is 2.05 bits per heavy atom. The van der Waals surface area contributed by atoms with Crippen LogP contribution in [-0.2, 0) is 4.79 Å². The first-order valence-electron chi connectivity index (χ1n) is 6.40. The van der Waals surface area contributed by atoms with Gasteiger partial charge in [0.05, 0.1) is 6.42 Å². The molecule has 1 aromatic rings. The lowest BCUT2D eigenvalue weighted by atomic mass is 9.84. The van der Waals surface area contributed by atoms with Crippen LogP contribution in [-0.4, -0.2) is 35.1 Å². The van der Waals surface area contributed by atoms with Crippen LogP contribution in [0.25, 0.3) is 0 Å². The Morgan fingerprint density at radius 1 is 1.40 bits per heavy atom. The van der Waals surface area contributed by atoms with Gasteiger partial charge in [-0.1, -0.05) is 20.8 Å². The van der Waals surface area contributed by atoms with E-state index in [0.717, 1.165) is 0 Å². The maximum Gasteiger partial charge on any atom is 0.305 e. The van der Waals surface area contributed by atoms with Gasteiger partial charge in [-0.25, -0.2) is 0 Å². The number of nitrogens with one attached hydrogen (secondary N) is 2. The first kappa shape index (κ1) is 15.9. The number of nitrogens with zero attached hydrogens (tertiary/aromatic N) is 1. The Balaban J connectivity index is 2.94. The molecule has 0 radical (unpaired) electrons. The number of carbonyl (C=O) groups is 2. The first-order valence-corrected chi connectivity index (χ1v) is 6.40. The smallest absolute Gasteiger partial charge is 0.305 e. The van der Waals surface area contributed by atoms with Crippen molar-refractivity contribution in [2.24, 2.45) is 5.41 Å². The van der Waals surface area contributed by atoms with Gasteiger partial charge in [-0.05, 0) is 17.5 Å². The number of hydrogen-bond donors (Lipinski definition) is 3. The van der Waals surface area contributed by atoms with Gasteiger partial charge < -0.3 is 15.7 Å². The third-order valence-electron chi connectivity index (χ3n) is 2.98. The van der Waals surface area contributed by atoms with Gasteiger partial charge in [-0.2, -0.15) is 0 Å². The Kier molecular flexibility index (Phi) is 5.07. The van der Waals surface area contributed by atoms with Crippen LogP contribution in [0.5, 0.6) is 0 Å². The summed E-state index contributed by atoms with van der Waals surface area (Å²) in [5.41, 5.74) is 0.745. The first-order chi connectivity index (χ1) is 9.24. The number of aromatic nitrogens is 1. The third-order valence-corrected chi connectivity index (χ3v) is 2.98. The minimum Gasteiger partial charge on any atom is -0.481 e. The summed E-state index contributed by atoms with van der Waals surface area (Å²) in [7, 11) is 1.53. The van der Waals surface area contributed by atoms with E-state index in [1.807, 2.05) is 20.8 Å². The number of anilines is 1. The van der Waals surface area contributed by atoms with Crippen molar-refractivity contribution >= 4 is 17.6 Å². The Hall–Kier alpha value is -2.11. The van der Waals surface area contributed by atoms with E-state index in [-0.39, 0.29) is 23.8 Å². The zero-order chi connectivity index (χ0) is 15.3. The number of rotatable bonds is 5. The molecule has 0 aliphatic rings. The third kappa shape index (κ3) is 4.53. The van der Waals surface area contributed by atoms with E-state index in [1.54, 1.807) is 12.1 Å². The van der Waals surface area contributed by atoms with Crippen molar-refractivity contribution in [2.45, 2.75) is 33.2 Å². The molecule has 6 nitrogen and oxygen atoms in total. The van der Waals surface area contributed by atoms with Crippen LogP contribution in [0.15, 0.2) is 18.3 Å². The number of pyridine rings is 1. The number of carboxylic acid groups (broad SMARTS) is 1. The summed E-state index contributed by atoms with van der Waals surface area (Å²) in [5, 5.41) is 14.7. The number of amides is 1. The summed E-state index contributed by atoms with van der Waals surface area (Å²) in [6.45, 7) is 5.90. The molecule has 6 heteroatoms. The normalized spacial score (nSPS) is 12.6. The standard InChI is InChI=1S/C14H21N3O3/c1-14(2,3)11(8-12(18)19)17-9-5-6-16-10(7-9)13(20)15-4/h5-7,11H,8H2,1-4H3,(H,15,20)(H,16,17)(H,18,19). The van der Waals surface area contributed by atoms with Crippen molar-refractivity contribution < 1.29 is 14.7 Å². The molecule has 0 fully saturated rings. The minimum atomic E-state index is -0.863. The van der Waals surface area contributed by atoms with Gasteiger partial charge in [0.1, 0.15) is 5.69 Å². The van der Waals surface area contributed by atoms with Crippen molar-refractivity contribution in [3.8, 4) is 0 Å². The summed E-state index contributed by atoms with van der Waals surface area (Å²) < 4.78 is 0. The van der Waals surface area contributed by atoms with Gasteiger partial charge in [0, 0.05) is 25.0 Å². The summed E-state index contributed by atoms with van der Waals surface area (Å²) in [6.07, 6.45) is 1.52. The summed E-state index contributed by atoms with van der Waals surface area (Å²) >= 11 is 0. The number of carbonyl (C=O) groups excluding carboxylic acids is 1. The molecule has 1 aromatic heterocycles. The maximum atomic E-state index is 11.5. The van der Waals surface area contributed by atoms with E-state index in [1.165, 1.54) is 13.2 Å². The second-order valence-corrected chi connectivity index (χ2v) is 5.67. The van der Waals surface area contributed by atoms with Gasteiger partial charge in [-0.3, -0.25) is 14.6 Å². The molecule has 1 unspecified atom stereocenters. The van der Waals surface area contributed by atoms with Gasteiger partial charge in [0.2, 0.25) is 0 Å². The fourth-order valence-corrected chi connectivity index (χ4v) is 1.72. The van der Waals surface area contributed by atoms with Crippen LogP contribution in [0.1, 0.15) is 37.7 Å². The van der Waals surface area contributed by atoms with Crippen LogP contribution in [0.3, 0.4) is 0 Å². The lowest BCUT2D eigenvalue weighted by Gasteiger charge is -2.31. The number of hydrogen-bond acceptors (Lipinski definition) is 4. The van der Waals surface area contributed by atoms with Crippen LogP contribution < -0.4 is 10.6 Å². The predicted octanol–water partition coefficient (Wildman–Crippen LogP) is 1.74. The molecule has 1 amide bonds. The fourth-order valence-electron chi connectivity index (χ4n) is 1.72. The van der Waals surface area contributed by atoms with E-state index >= 15 is 0 Å². The zero-order valence-electron chi connectivity index (χ0n) is 12.2. The molecule has 0 aromatic carbocycles. The topological polar surface area (TPSA) is 91.3 Å². The Labute approximate surface area is 118 Å². The molecule has 1 heterocycles. The quantitative estimate of drug-likeness (QED) is 0.763. The van der Waals surface area contributed by atoms with E-state index in [0.29, 0.717) is 11.4 Å². The zero-order valence-corrected chi connectivity index (χ0v) is 12.2. The molecule has 110 valence electrons. The van der Waals surface area contributed by atoms with Crippen molar-refractivity contribution in [1.29, 1.82) is 0 Å². The summed E-state index contributed by atoms with van der Waals surface area (Å²) in [6, 6.07) is 3.08. The highest BCUT2D eigenvalue weighted by Crippen LogP contribution is 2.25. The second kappa shape index (κ2) is 6.36. The Morgan fingerprint density at radius 3 is 2.55 bits per heavy atom.